The topological polar surface area (TPSA) is 86.6 Å². The predicted molar refractivity (Wildman–Crippen MR) is 77.3 cm³/mol. The molecule has 3 atom stereocenters. The van der Waals surface area contributed by atoms with Crippen molar-refractivity contribution in [3.8, 4) is 5.75 Å². The summed E-state index contributed by atoms with van der Waals surface area (Å²) in [5.41, 5.74) is 0.214. The van der Waals surface area contributed by atoms with Gasteiger partial charge in [0.15, 0.2) is 0 Å². The van der Waals surface area contributed by atoms with Crippen LogP contribution >= 0.6 is 0 Å². The van der Waals surface area contributed by atoms with Crippen LogP contribution < -0.4 is 5.32 Å². The van der Waals surface area contributed by atoms with Crippen LogP contribution in [-0.4, -0.2) is 22.1 Å². The summed E-state index contributed by atoms with van der Waals surface area (Å²) in [6.07, 6.45) is 5.35. The molecule has 5 nitrogen and oxygen atoms in total. The zero-order valence-corrected chi connectivity index (χ0v) is 11.7. The van der Waals surface area contributed by atoms with E-state index in [1.807, 2.05) is 0 Å². The number of carbonyl (C=O) groups is 2. The minimum Gasteiger partial charge on any atom is -0.506 e. The number of nitrogens with one attached hydrogen (secondary N) is 1. The van der Waals surface area contributed by atoms with Crippen LogP contribution in [0.3, 0.4) is 0 Å². The second-order valence-electron chi connectivity index (χ2n) is 6.22. The molecule has 2 aliphatic rings. The molecule has 3 N–H and O–H groups in total. The summed E-state index contributed by atoms with van der Waals surface area (Å²) in [7, 11) is 0. The lowest BCUT2D eigenvalue weighted by atomic mass is 9.86. The number of carbonyl (C=O) groups excluding carboxylic acids is 1. The molecule has 2 aliphatic carbocycles. The molecule has 2 fully saturated rings. The molecule has 0 heterocycles. The number of fused-ring (bicyclic) bond motifs is 2. The highest BCUT2D eigenvalue weighted by Crippen LogP contribution is 2.49. The van der Waals surface area contributed by atoms with E-state index in [0.717, 1.165) is 12.3 Å². The third-order valence-corrected chi connectivity index (χ3v) is 4.85. The van der Waals surface area contributed by atoms with Crippen LogP contribution in [0.2, 0.25) is 0 Å². The number of carboxylic acids is 1. The molecule has 2 bridgehead atoms. The molecule has 5 heteroatoms. The number of hydrogen-bond acceptors (Lipinski definition) is 3. The summed E-state index contributed by atoms with van der Waals surface area (Å²) in [5, 5.41) is 21.3. The molecule has 3 rings (SSSR count). The molecule has 1 aromatic rings. The molecule has 1 aromatic carbocycles. The maximum Gasteiger partial charge on any atom is 0.335 e. The van der Waals surface area contributed by atoms with Crippen molar-refractivity contribution in [1.82, 2.24) is 0 Å². The zero-order valence-electron chi connectivity index (χ0n) is 11.7. The molecule has 2 saturated carbocycles. The van der Waals surface area contributed by atoms with Gasteiger partial charge in [-0.25, -0.2) is 4.79 Å². The first kappa shape index (κ1) is 13.9. The number of amides is 1. The van der Waals surface area contributed by atoms with Crippen molar-refractivity contribution in [2.45, 2.75) is 32.1 Å². The van der Waals surface area contributed by atoms with Crippen molar-refractivity contribution < 1.29 is 19.8 Å². The van der Waals surface area contributed by atoms with Crippen LogP contribution in [0.5, 0.6) is 5.75 Å². The fourth-order valence-corrected chi connectivity index (χ4v) is 3.84. The number of benzene rings is 1. The van der Waals surface area contributed by atoms with E-state index in [0.29, 0.717) is 18.3 Å². The molecule has 0 aliphatic heterocycles. The van der Waals surface area contributed by atoms with Crippen LogP contribution in [0.4, 0.5) is 5.69 Å². The largest absolute Gasteiger partial charge is 0.506 e. The van der Waals surface area contributed by atoms with Gasteiger partial charge in [0.2, 0.25) is 5.91 Å². The Morgan fingerprint density at radius 3 is 2.67 bits per heavy atom. The Morgan fingerprint density at radius 2 is 2.05 bits per heavy atom. The van der Waals surface area contributed by atoms with Crippen molar-refractivity contribution in [3.05, 3.63) is 23.8 Å². The molecule has 112 valence electrons. The molecule has 0 radical (unpaired) electrons. The number of anilines is 1. The summed E-state index contributed by atoms with van der Waals surface area (Å²) in [4.78, 5) is 23.0. The van der Waals surface area contributed by atoms with E-state index in [1.54, 1.807) is 0 Å². The van der Waals surface area contributed by atoms with Crippen molar-refractivity contribution in [1.29, 1.82) is 0 Å². The predicted octanol–water partition coefficient (Wildman–Crippen LogP) is 2.86. The minimum absolute atomic E-state index is 0.0445. The standard InChI is InChI=1S/C16H19NO4/c18-14-4-3-11(16(20)21)7-13(14)17-15(19)8-12-6-9-1-2-10(12)5-9/h3-4,7,9-10,12,18H,1-2,5-6,8H2,(H,17,19)(H,20,21). The van der Waals surface area contributed by atoms with E-state index in [1.165, 1.54) is 37.5 Å². The average Bonchev–Trinajstić information content (AvgIpc) is 3.03. The summed E-state index contributed by atoms with van der Waals surface area (Å²) >= 11 is 0. The summed E-state index contributed by atoms with van der Waals surface area (Å²) < 4.78 is 0. The van der Waals surface area contributed by atoms with Crippen LogP contribution in [0.1, 0.15) is 42.5 Å². The smallest absolute Gasteiger partial charge is 0.335 e. The van der Waals surface area contributed by atoms with E-state index in [9.17, 15) is 14.7 Å². The Kier molecular flexibility index (Phi) is 3.57. The maximum atomic E-state index is 12.1. The SMILES string of the molecule is O=C(CC1CC2CCC1C2)Nc1cc(C(=O)O)ccc1O. The number of aromatic hydroxyl groups is 1. The van der Waals surface area contributed by atoms with Gasteiger partial charge in [0.25, 0.3) is 0 Å². The average molecular weight is 289 g/mol. The number of carboxylic acid groups (broad SMARTS) is 1. The van der Waals surface area contributed by atoms with Crippen LogP contribution in [0, 0.1) is 17.8 Å². The van der Waals surface area contributed by atoms with Gasteiger partial charge in [-0.3, -0.25) is 4.79 Å². The lowest BCUT2D eigenvalue weighted by Gasteiger charge is -2.21. The molecule has 21 heavy (non-hydrogen) atoms. The highest BCUT2D eigenvalue weighted by Gasteiger charge is 2.40. The lowest BCUT2D eigenvalue weighted by molar-refractivity contribution is -0.117. The van der Waals surface area contributed by atoms with E-state index in [-0.39, 0.29) is 22.9 Å². The highest BCUT2D eigenvalue weighted by atomic mass is 16.4. The minimum atomic E-state index is -1.08. The highest BCUT2D eigenvalue weighted by molar-refractivity contribution is 5.95. The van der Waals surface area contributed by atoms with Gasteiger partial charge < -0.3 is 15.5 Å². The first-order valence-electron chi connectivity index (χ1n) is 7.39. The van der Waals surface area contributed by atoms with Crippen molar-refractivity contribution >= 4 is 17.6 Å². The second-order valence-corrected chi connectivity index (χ2v) is 6.22. The van der Waals surface area contributed by atoms with Gasteiger partial charge in [-0.15, -0.1) is 0 Å². The van der Waals surface area contributed by atoms with Crippen molar-refractivity contribution in [3.63, 3.8) is 0 Å². The first-order chi connectivity index (χ1) is 10.0. The normalized spacial score (nSPS) is 26.8. The lowest BCUT2D eigenvalue weighted by Crippen LogP contribution is -2.20. The summed E-state index contributed by atoms with van der Waals surface area (Å²) in [6, 6.07) is 3.89. The van der Waals surface area contributed by atoms with Gasteiger partial charge in [-0.05, 0) is 55.2 Å². The molecule has 0 spiro atoms. The van der Waals surface area contributed by atoms with Gasteiger partial charge in [0, 0.05) is 6.42 Å². The molecule has 3 unspecified atom stereocenters. The van der Waals surface area contributed by atoms with E-state index in [4.69, 9.17) is 5.11 Å². The fraction of sp³-hybridized carbons (Fsp3) is 0.500. The third kappa shape index (κ3) is 2.86. The Balaban J connectivity index is 1.64. The summed E-state index contributed by atoms with van der Waals surface area (Å²) in [5.74, 6) is 0.551. The molecule has 0 saturated heterocycles. The van der Waals surface area contributed by atoms with Crippen LogP contribution in [0.25, 0.3) is 0 Å². The molecule has 0 aromatic heterocycles. The third-order valence-electron chi connectivity index (χ3n) is 4.85. The van der Waals surface area contributed by atoms with Gasteiger partial charge in [-0.1, -0.05) is 6.42 Å². The second kappa shape index (κ2) is 5.39. The van der Waals surface area contributed by atoms with Gasteiger partial charge >= 0.3 is 5.97 Å². The van der Waals surface area contributed by atoms with Crippen LogP contribution in [0.15, 0.2) is 18.2 Å². The van der Waals surface area contributed by atoms with E-state index < -0.39 is 5.97 Å². The van der Waals surface area contributed by atoms with Crippen LogP contribution in [-0.2, 0) is 4.79 Å². The maximum absolute atomic E-state index is 12.1. The summed E-state index contributed by atoms with van der Waals surface area (Å²) in [6.45, 7) is 0. The van der Waals surface area contributed by atoms with Gasteiger partial charge in [0.1, 0.15) is 5.75 Å². The molecular formula is C16H19NO4. The molecular weight excluding hydrogens is 270 g/mol. The Hall–Kier alpha value is -2.04. The van der Waals surface area contributed by atoms with Gasteiger partial charge in [-0.2, -0.15) is 0 Å². The Bertz CT molecular complexity index is 584. The number of rotatable bonds is 4. The quantitative estimate of drug-likeness (QED) is 0.744. The van der Waals surface area contributed by atoms with Gasteiger partial charge in [0.05, 0.1) is 11.3 Å². The van der Waals surface area contributed by atoms with Crippen molar-refractivity contribution in [2.24, 2.45) is 17.8 Å². The zero-order chi connectivity index (χ0) is 15.0. The Labute approximate surface area is 123 Å². The monoisotopic (exact) mass is 289 g/mol. The number of phenolic OH excluding ortho intramolecular Hbond substituents is 1. The van der Waals surface area contributed by atoms with E-state index >= 15 is 0 Å². The number of aromatic carboxylic acids is 1. The fourth-order valence-electron chi connectivity index (χ4n) is 3.84. The number of phenols is 1. The molecule has 1 amide bonds. The first-order valence-corrected chi connectivity index (χ1v) is 7.39. The van der Waals surface area contributed by atoms with E-state index in [2.05, 4.69) is 5.32 Å². The van der Waals surface area contributed by atoms with Crippen molar-refractivity contribution in [2.75, 3.05) is 5.32 Å². The number of hydrogen-bond donors (Lipinski definition) is 3. The Morgan fingerprint density at radius 1 is 1.24 bits per heavy atom.